The van der Waals surface area contributed by atoms with Gasteiger partial charge in [0.05, 0.1) is 5.25 Å². The Morgan fingerprint density at radius 1 is 1.32 bits per heavy atom. The third-order valence-electron chi connectivity index (χ3n) is 4.31. The number of aliphatic carboxylic acids is 1. The molecule has 3 atom stereocenters. The number of piperidine rings is 1. The lowest BCUT2D eigenvalue weighted by Gasteiger charge is -2.39. The van der Waals surface area contributed by atoms with Crippen LogP contribution in [0, 0.1) is 5.92 Å². The zero-order valence-electron chi connectivity index (χ0n) is 11.5. The van der Waals surface area contributed by atoms with E-state index in [-0.39, 0.29) is 11.2 Å². The number of carbonyl (C=O) groups is 2. The molecule has 1 N–H and O–H groups in total. The first-order valence-electron chi connectivity index (χ1n) is 7.28. The average molecular weight is 285 g/mol. The number of hydrogen-bond donors (Lipinski definition) is 1. The van der Waals surface area contributed by atoms with Gasteiger partial charge in [-0.15, -0.1) is 11.8 Å². The third kappa shape index (κ3) is 3.44. The normalized spacial score (nSPS) is 32.1. The zero-order valence-corrected chi connectivity index (χ0v) is 12.3. The lowest BCUT2D eigenvalue weighted by Crippen LogP contribution is -2.52. The van der Waals surface area contributed by atoms with E-state index >= 15 is 0 Å². The van der Waals surface area contributed by atoms with Crippen molar-refractivity contribution in [3.05, 3.63) is 0 Å². The summed E-state index contributed by atoms with van der Waals surface area (Å²) in [6.45, 7) is 2.71. The van der Waals surface area contributed by atoms with Gasteiger partial charge in [-0.1, -0.05) is 19.8 Å². The van der Waals surface area contributed by atoms with Crippen molar-refractivity contribution < 1.29 is 14.7 Å². The van der Waals surface area contributed by atoms with Crippen LogP contribution in [0.2, 0.25) is 0 Å². The number of amides is 1. The van der Waals surface area contributed by atoms with Crippen LogP contribution in [0.3, 0.4) is 0 Å². The smallest absolute Gasteiger partial charge is 0.326 e. The molecule has 108 valence electrons. The minimum absolute atomic E-state index is 0.00576. The van der Waals surface area contributed by atoms with Gasteiger partial charge in [-0.25, -0.2) is 4.79 Å². The Bertz CT molecular complexity index is 342. The van der Waals surface area contributed by atoms with Gasteiger partial charge >= 0.3 is 5.97 Å². The first-order valence-corrected chi connectivity index (χ1v) is 8.33. The largest absolute Gasteiger partial charge is 0.480 e. The summed E-state index contributed by atoms with van der Waals surface area (Å²) in [7, 11) is 0. The summed E-state index contributed by atoms with van der Waals surface area (Å²) in [6.07, 6.45) is 5.74. The van der Waals surface area contributed by atoms with Crippen molar-refractivity contribution in [3.63, 3.8) is 0 Å². The maximum atomic E-state index is 12.5. The van der Waals surface area contributed by atoms with Crippen molar-refractivity contribution in [2.45, 2.75) is 56.7 Å². The highest BCUT2D eigenvalue weighted by atomic mass is 32.2. The van der Waals surface area contributed by atoms with Gasteiger partial charge in [-0.2, -0.15) is 0 Å². The van der Waals surface area contributed by atoms with Crippen LogP contribution in [0.5, 0.6) is 0 Å². The topological polar surface area (TPSA) is 57.6 Å². The van der Waals surface area contributed by atoms with E-state index < -0.39 is 12.0 Å². The first kappa shape index (κ1) is 14.7. The number of carboxylic acid groups (broad SMARTS) is 1. The molecule has 0 bridgehead atoms. The highest BCUT2D eigenvalue weighted by molar-refractivity contribution is 8.00. The van der Waals surface area contributed by atoms with Crippen LogP contribution in [0.4, 0.5) is 0 Å². The van der Waals surface area contributed by atoms with Gasteiger partial charge in [0.15, 0.2) is 0 Å². The van der Waals surface area contributed by atoms with Gasteiger partial charge in [0.1, 0.15) is 6.04 Å². The van der Waals surface area contributed by atoms with E-state index in [1.165, 1.54) is 6.42 Å². The van der Waals surface area contributed by atoms with Crippen molar-refractivity contribution in [2.75, 3.05) is 12.3 Å². The highest BCUT2D eigenvalue weighted by Gasteiger charge is 2.38. The molecule has 2 saturated heterocycles. The molecule has 0 aromatic rings. The Labute approximate surface area is 118 Å². The van der Waals surface area contributed by atoms with Gasteiger partial charge in [-0.05, 0) is 37.4 Å². The standard InChI is InChI=1S/C14H23NO3S/c1-2-10-6-7-15(11(9-10)14(17)18)13(16)12-5-3-4-8-19-12/h10-12H,2-9H2,1H3,(H,17,18). The van der Waals surface area contributed by atoms with E-state index in [0.29, 0.717) is 18.9 Å². The van der Waals surface area contributed by atoms with Crippen LogP contribution >= 0.6 is 11.8 Å². The molecule has 1 amide bonds. The maximum absolute atomic E-state index is 12.5. The van der Waals surface area contributed by atoms with Crippen molar-refractivity contribution in [3.8, 4) is 0 Å². The molecule has 19 heavy (non-hydrogen) atoms. The monoisotopic (exact) mass is 285 g/mol. The van der Waals surface area contributed by atoms with Crippen molar-refractivity contribution >= 4 is 23.6 Å². The summed E-state index contributed by atoms with van der Waals surface area (Å²) in [5, 5.41) is 9.36. The third-order valence-corrected chi connectivity index (χ3v) is 5.68. The molecule has 0 aromatic heterocycles. The fraction of sp³-hybridized carbons (Fsp3) is 0.857. The highest BCUT2D eigenvalue weighted by Crippen LogP contribution is 2.31. The number of carboxylic acids is 1. The van der Waals surface area contributed by atoms with E-state index in [1.807, 2.05) is 0 Å². The summed E-state index contributed by atoms with van der Waals surface area (Å²) in [4.78, 5) is 25.6. The molecule has 0 saturated carbocycles. The fourth-order valence-corrected chi connectivity index (χ4v) is 4.29. The fourth-order valence-electron chi connectivity index (χ4n) is 3.03. The summed E-state index contributed by atoms with van der Waals surface area (Å²) < 4.78 is 0. The van der Waals surface area contributed by atoms with Crippen molar-refractivity contribution in [1.82, 2.24) is 4.90 Å². The second kappa shape index (κ2) is 6.64. The number of hydrogen-bond acceptors (Lipinski definition) is 3. The Hall–Kier alpha value is -0.710. The maximum Gasteiger partial charge on any atom is 0.326 e. The van der Waals surface area contributed by atoms with E-state index in [0.717, 1.165) is 31.4 Å². The molecule has 0 spiro atoms. The molecule has 2 heterocycles. The van der Waals surface area contributed by atoms with Crippen LogP contribution in [0.15, 0.2) is 0 Å². The van der Waals surface area contributed by atoms with Crippen LogP contribution < -0.4 is 0 Å². The quantitative estimate of drug-likeness (QED) is 0.865. The van der Waals surface area contributed by atoms with Crippen LogP contribution in [0.1, 0.15) is 45.4 Å². The van der Waals surface area contributed by atoms with Crippen LogP contribution in [-0.4, -0.2) is 45.5 Å². The molecule has 4 nitrogen and oxygen atoms in total. The SMILES string of the molecule is CCC1CCN(C(=O)C2CCCCS2)C(C(=O)O)C1. The minimum Gasteiger partial charge on any atom is -0.480 e. The molecular weight excluding hydrogens is 262 g/mol. The van der Waals surface area contributed by atoms with Gasteiger partial charge in [0, 0.05) is 6.54 Å². The minimum atomic E-state index is -0.840. The Morgan fingerprint density at radius 3 is 2.68 bits per heavy atom. The average Bonchev–Trinajstić information content (AvgIpc) is 2.46. The van der Waals surface area contributed by atoms with Gasteiger partial charge in [0.25, 0.3) is 0 Å². The van der Waals surface area contributed by atoms with Crippen LogP contribution in [-0.2, 0) is 9.59 Å². The molecule has 2 rings (SSSR count). The Balaban J connectivity index is 2.03. The van der Waals surface area contributed by atoms with Crippen LogP contribution in [0.25, 0.3) is 0 Å². The molecule has 0 aromatic carbocycles. The number of rotatable bonds is 3. The van der Waals surface area contributed by atoms with Crippen molar-refractivity contribution in [2.24, 2.45) is 5.92 Å². The Kier molecular flexibility index (Phi) is 5.13. The van der Waals surface area contributed by atoms with Gasteiger partial charge < -0.3 is 10.0 Å². The van der Waals surface area contributed by atoms with E-state index in [4.69, 9.17) is 0 Å². The van der Waals surface area contributed by atoms with E-state index in [9.17, 15) is 14.7 Å². The number of nitrogens with zero attached hydrogens (tertiary/aromatic N) is 1. The lowest BCUT2D eigenvalue weighted by atomic mass is 9.88. The van der Waals surface area contributed by atoms with E-state index in [1.54, 1.807) is 16.7 Å². The first-order chi connectivity index (χ1) is 9.13. The number of carbonyl (C=O) groups excluding carboxylic acids is 1. The summed E-state index contributed by atoms with van der Waals surface area (Å²) >= 11 is 1.70. The molecule has 3 unspecified atom stereocenters. The predicted molar refractivity (Wildman–Crippen MR) is 76.2 cm³/mol. The lowest BCUT2D eigenvalue weighted by molar-refractivity contribution is -0.153. The summed E-state index contributed by atoms with van der Waals surface area (Å²) in [6, 6.07) is -0.603. The molecule has 0 radical (unpaired) electrons. The van der Waals surface area contributed by atoms with E-state index in [2.05, 4.69) is 6.92 Å². The summed E-state index contributed by atoms with van der Waals surface area (Å²) in [5.74, 6) is 0.697. The molecule has 2 aliphatic heterocycles. The molecule has 0 aliphatic carbocycles. The predicted octanol–water partition coefficient (Wildman–Crippen LogP) is 2.37. The second-order valence-electron chi connectivity index (χ2n) is 5.54. The second-order valence-corrected chi connectivity index (χ2v) is 6.85. The zero-order chi connectivity index (χ0) is 13.8. The number of likely N-dealkylation sites (tertiary alicyclic amines) is 1. The van der Waals surface area contributed by atoms with Gasteiger partial charge in [-0.3, -0.25) is 4.79 Å². The summed E-state index contributed by atoms with van der Waals surface area (Å²) in [5.41, 5.74) is 0. The van der Waals surface area contributed by atoms with Crippen molar-refractivity contribution in [1.29, 1.82) is 0 Å². The molecule has 5 heteroatoms. The molecule has 2 aliphatic rings. The molecular formula is C14H23NO3S. The molecule has 2 fully saturated rings. The van der Waals surface area contributed by atoms with Gasteiger partial charge in [0.2, 0.25) is 5.91 Å². The Morgan fingerprint density at radius 2 is 2.11 bits per heavy atom. The number of thioether (sulfide) groups is 1.